The fourth-order valence-electron chi connectivity index (χ4n) is 6.40. The van der Waals surface area contributed by atoms with Crippen molar-refractivity contribution in [1.29, 1.82) is 0 Å². The third kappa shape index (κ3) is 7.81. The van der Waals surface area contributed by atoms with Crippen LogP contribution in [0.4, 0.5) is 26.1 Å². The van der Waals surface area contributed by atoms with Gasteiger partial charge in [-0.2, -0.15) is 0 Å². The predicted octanol–water partition coefficient (Wildman–Crippen LogP) is 6.93. The van der Waals surface area contributed by atoms with Gasteiger partial charge in [-0.25, -0.2) is 23.7 Å². The minimum atomic E-state index is -0.891. The van der Waals surface area contributed by atoms with E-state index in [1.165, 1.54) is 11.6 Å². The number of likely N-dealkylation sites (N-methyl/N-ethyl adjacent to an activating group) is 1. The molecule has 1 fully saturated rings. The third-order valence-corrected chi connectivity index (χ3v) is 9.25. The molecule has 3 aromatic heterocycles. The van der Waals surface area contributed by atoms with Crippen LogP contribution in [-0.2, 0) is 6.42 Å². The molecular weight excluding hydrogens is 678 g/mol. The zero-order valence-electron chi connectivity index (χ0n) is 29.8. The van der Waals surface area contributed by atoms with Gasteiger partial charge in [-0.3, -0.25) is 9.20 Å². The van der Waals surface area contributed by atoms with Gasteiger partial charge in [0.05, 0.1) is 42.0 Å². The van der Waals surface area contributed by atoms with Crippen molar-refractivity contribution in [1.82, 2.24) is 29.2 Å². The van der Waals surface area contributed by atoms with Crippen LogP contribution in [0.3, 0.4) is 0 Å². The van der Waals surface area contributed by atoms with Gasteiger partial charge >= 0.3 is 0 Å². The largest absolute Gasteiger partial charge is 0.495 e. The molecule has 0 atom stereocenters. The summed E-state index contributed by atoms with van der Waals surface area (Å²) in [6.07, 6.45) is 4.45. The van der Waals surface area contributed by atoms with E-state index >= 15 is 0 Å². The molecule has 272 valence electrons. The van der Waals surface area contributed by atoms with E-state index in [4.69, 9.17) is 19.4 Å². The topological polar surface area (TPSA) is 109 Å². The molecule has 0 saturated carbocycles. The molecule has 6 aromatic rings. The minimum Gasteiger partial charge on any atom is -0.495 e. The second kappa shape index (κ2) is 15.8. The molecule has 2 N–H and O–H groups in total. The van der Waals surface area contributed by atoms with Gasteiger partial charge < -0.3 is 29.9 Å². The summed E-state index contributed by atoms with van der Waals surface area (Å²) in [6.45, 7) is 7.35. The van der Waals surface area contributed by atoms with Crippen LogP contribution < -0.4 is 20.1 Å². The molecule has 0 radical (unpaired) electrons. The first kappa shape index (κ1) is 35.5. The number of halogens is 2. The van der Waals surface area contributed by atoms with Crippen molar-refractivity contribution < 1.29 is 23.0 Å². The van der Waals surface area contributed by atoms with E-state index < -0.39 is 23.2 Å². The van der Waals surface area contributed by atoms with Crippen molar-refractivity contribution in [3.05, 3.63) is 114 Å². The SMILES string of the molecule is CCOc1ccc(-c2nc3ccccn3c2-c2ccnc(Nc3ccc(CCN4CCN(C)CC4)cc3OC)n2)cc1C(=O)Nc1c(F)cccc1F. The summed E-state index contributed by atoms with van der Waals surface area (Å²) in [5.41, 5.74) is 4.38. The smallest absolute Gasteiger partial charge is 0.259 e. The number of anilines is 3. The first-order valence-electron chi connectivity index (χ1n) is 17.5. The number of fused-ring (bicyclic) bond motifs is 1. The average Bonchev–Trinajstić information content (AvgIpc) is 3.57. The number of para-hydroxylation sites is 1. The van der Waals surface area contributed by atoms with E-state index in [2.05, 4.69) is 38.5 Å². The summed E-state index contributed by atoms with van der Waals surface area (Å²) in [5, 5.41) is 5.70. The van der Waals surface area contributed by atoms with Gasteiger partial charge in [0.2, 0.25) is 5.95 Å². The lowest BCUT2D eigenvalue weighted by Gasteiger charge is -2.32. The Morgan fingerprint density at radius 1 is 0.906 bits per heavy atom. The molecule has 4 heterocycles. The number of methoxy groups -OCH3 is 1. The number of rotatable bonds is 12. The summed E-state index contributed by atoms with van der Waals surface area (Å²) in [5.74, 6) is -1.24. The van der Waals surface area contributed by atoms with Crippen LogP contribution in [0.25, 0.3) is 28.3 Å². The number of aromatic nitrogens is 4. The van der Waals surface area contributed by atoms with Crippen LogP contribution in [0.2, 0.25) is 0 Å². The van der Waals surface area contributed by atoms with Crippen LogP contribution in [0.1, 0.15) is 22.8 Å². The van der Waals surface area contributed by atoms with Crippen molar-refractivity contribution >= 4 is 28.9 Å². The highest BCUT2D eigenvalue weighted by molar-refractivity contribution is 6.07. The molecule has 13 heteroatoms. The summed E-state index contributed by atoms with van der Waals surface area (Å²) >= 11 is 0. The Balaban J connectivity index is 1.20. The molecule has 0 bridgehead atoms. The molecule has 1 saturated heterocycles. The van der Waals surface area contributed by atoms with Crippen LogP contribution in [-0.4, -0.2) is 88.5 Å². The number of pyridine rings is 1. The fraction of sp³-hybridized carbons (Fsp3) is 0.250. The Kier molecular flexibility index (Phi) is 10.6. The van der Waals surface area contributed by atoms with E-state index in [1.54, 1.807) is 44.5 Å². The van der Waals surface area contributed by atoms with E-state index in [-0.39, 0.29) is 17.9 Å². The molecular formula is C40H40F2N8O3. The molecule has 0 unspecified atom stereocenters. The van der Waals surface area contributed by atoms with E-state index in [0.29, 0.717) is 40.0 Å². The number of nitrogens with one attached hydrogen (secondary N) is 2. The maximum absolute atomic E-state index is 14.5. The van der Waals surface area contributed by atoms with Gasteiger partial charge in [0.1, 0.15) is 34.5 Å². The van der Waals surface area contributed by atoms with Gasteiger partial charge in [-0.05, 0) is 86.6 Å². The number of hydrogen-bond donors (Lipinski definition) is 2. The van der Waals surface area contributed by atoms with Gasteiger partial charge in [0.15, 0.2) is 0 Å². The molecule has 53 heavy (non-hydrogen) atoms. The van der Waals surface area contributed by atoms with E-state index in [9.17, 15) is 13.6 Å². The Hall–Kier alpha value is -5.92. The zero-order chi connectivity index (χ0) is 36.9. The summed E-state index contributed by atoms with van der Waals surface area (Å²) in [7, 11) is 3.80. The number of ether oxygens (including phenoxy) is 2. The number of piperazine rings is 1. The lowest BCUT2D eigenvalue weighted by atomic mass is 10.0. The van der Waals surface area contributed by atoms with Crippen LogP contribution >= 0.6 is 0 Å². The highest BCUT2D eigenvalue weighted by atomic mass is 19.1. The molecule has 0 spiro atoms. The summed E-state index contributed by atoms with van der Waals surface area (Å²) in [4.78, 5) is 32.7. The second-order valence-electron chi connectivity index (χ2n) is 12.8. The molecule has 1 amide bonds. The number of carbonyl (C=O) groups excluding carboxylic acids is 1. The van der Waals surface area contributed by atoms with Crippen molar-refractivity contribution in [2.24, 2.45) is 0 Å². The molecule has 11 nitrogen and oxygen atoms in total. The lowest BCUT2D eigenvalue weighted by molar-refractivity contribution is 0.102. The van der Waals surface area contributed by atoms with Gasteiger partial charge in [-0.15, -0.1) is 0 Å². The fourth-order valence-corrected chi connectivity index (χ4v) is 6.40. The number of amides is 1. The number of carbonyl (C=O) groups is 1. The second-order valence-corrected chi connectivity index (χ2v) is 12.8. The Bertz CT molecular complexity index is 2230. The van der Waals surface area contributed by atoms with Gasteiger partial charge in [-0.1, -0.05) is 18.2 Å². The number of hydrogen-bond acceptors (Lipinski definition) is 9. The molecule has 7 rings (SSSR count). The van der Waals surface area contributed by atoms with E-state index in [1.807, 2.05) is 40.9 Å². The van der Waals surface area contributed by atoms with Gasteiger partial charge in [0.25, 0.3) is 5.91 Å². The van der Waals surface area contributed by atoms with E-state index in [0.717, 1.165) is 57.0 Å². The third-order valence-electron chi connectivity index (χ3n) is 9.25. The molecule has 3 aromatic carbocycles. The lowest BCUT2D eigenvalue weighted by Crippen LogP contribution is -2.45. The molecule has 1 aliphatic heterocycles. The first-order chi connectivity index (χ1) is 25.8. The van der Waals surface area contributed by atoms with Crippen molar-refractivity contribution in [2.75, 3.05) is 64.1 Å². The maximum atomic E-state index is 14.5. The zero-order valence-corrected chi connectivity index (χ0v) is 29.8. The molecule has 1 aliphatic rings. The highest BCUT2D eigenvalue weighted by Crippen LogP contribution is 2.36. The standard InChI is InChI=1S/C40H40F2N8O3/c1-4-53-33-14-12-27(25-28(33)39(51)47-37-29(41)8-7-9-30(37)42)36-38(50-18-6-5-10-35(50)46-36)32-15-17-43-40(45-32)44-31-13-11-26(24-34(31)52-3)16-19-49-22-20-48(2)21-23-49/h5-15,17-18,24-25H,4,16,19-23H2,1-3H3,(H,47,51)(H,43,44,45). The number of imidazole rings is 1. The summed E-state index contributed by atoms with van der Waals surface area (Å²) < 4.78 is 42.4. The highest BCUT2D eigenvalue weighted by Gasteiger charge is 2.23. The maximum Gasteiger partial charge on any atom is 0.259 e. The number of nitrogens with zero attached hydrogens (tertiary/aromatic N) is 6. The van der Waals surface area contributed by atoms with Crippen LogP contribution in [0.15, 0.2) is 91.3 Å². The normalized spacial score (nSPS) is 13.6. The van der Waals surface area contributed by atoms with Gasteiger partial charge in [0, 0.05) is 50.7 Å². The molecule has 0 aliphatic carbocycles. The summed E-state index contributed by atoms with van der Waals surface area (Å²) in [6, 6.07) is 22.0. The van der Waals surface area contributed by atoms with Crippen LogP contribution in [0, 0.1) is 11.6 Å². The van der Waals surface area contributed by atoms with Crippen molar-refractivity contribution in [2.45, 2.75) is 13.3 Å². The number of benzene rings is 3. The predicted molar refractivity (Wildman–Crippen MR) is 201 cm³/mol. The quantitative estimate of drug-likeness (QED) is 0.139. The average molecular weight is 719 g/mol. The van der Waals surface area contributed by atoms with Crippen molar-refractivity contribution in [3.63, 3.8) is 0 Å². The monoisotopic (exact) mass is 718 g/mol. The Labute approximate surface area is 306 Å². The Morgan fingerprint density at radius 3 is 2.49 bits per heavy atom. The Morgan fingerprint density at radius 2 is 1.72 bits per heavy atom. The van der Waals surface area contributed by atoms with Crippen LogP contribution in [0.5, 0.6) is 11.5 Å². The van der Waals surface area contributed by atoms with Crippen molar-refractivity contribution in [3.8, 4) is 34.1 Å². The first-order valence-corrected chi connectivity index (χ1v) is 17.5. The minimum absolute atomic E-state index is 0.0825.